The summed E-state index contributed by atoms with van der Waals surface area (Å²) in [4.78, 5) is 24.3. The fourth-order valence-electron chi connectivity index (χ4n) is 1.74. The molecule has 0 radical (unpaired) electrons. The first-order valence-corrected chi connectivity index (χ1v) is 7.63. The van der Waals surface area contributed by atoms with Gasteiger partial charge in [-0.1, -0.05) is 6.92 Å². The van der Waals surface area contributed by atoms with E-state index in [2.05, 4.69) is 5.32 Å². The summed E-state index contributed by atoms with van der Waals surface area (Å²) in [6, 6.07) is -0.329. The molecular weight excluding hydrogens is 252 g/mol. The summed E-state index contributed by atoms with van der Waals surface area (Å²) in [6.07, 6.45) is 2.84. The molecule has 2 unspecified atom stereocenters. The van der Waals surface area contributed by atoms with Gasteiger partial charge in [0.05, 0.1) is 6.42 Å². The first kappa shape index (κ1) is 17.1. The number of hydrogen-bond donors (Lipinski definition) is 2. The Hall–Kier alpha value is -0.910. The first-order chi connectivity index (χ1) is 8.46. The zero-order chi connectivity index (χ0) is 14.1. The molecule has 2 N–H and O–H groups in total. The van der Waals surface area contributed by atoms with Crippen molar-refractivity contribution in [3.8, 4) is 0 Å². The number of rotatable bonds is 8. The molecule has 0 saturated carbocycles. The van der Waals surface area contributed by atoms with Gasteiger partial charge in [-0.3, -0.25) is 4.79 Å². The van der Waals surface area contributed by atoms with Crippen molar-refractivity contribution in [2.24, 2.45) is 0 Å². The molecule has 0 aliphatic rings. The number of carboxylic acid groups (broad SMARTS) is 1. The highest BCUT2D eigenvalue weighted by atomic mass is 32.2. The number of nitrogens with zero attached hydrogens (tertiary/aromatic N) is 1. The molecule has 0 saturated heterocycles. The van der Waals surface area contributed by atoms with Crippen molar-refractivity contribution in [2.45, 2.75) is 45.7 Å². The summed E-state index contributed by atoms with van der Waals surface area (Å²) in [5.41, 5.74) is 0. The van der Waals surface area contributed by atoms with Crippen molar-refractivity contribution in [1.82, 2.24) is 10.2 Å². The maximum Gasteiger partial charge on any atom is 0.317 e. The van der Waals surface area contributed by atoms with E-state index in [1.807, 2.05) is 20.1 Å². The summed E-state index contributed by atoms with van der Waals surface area (Å²) >= 11 is 1.69. The second-order valence-corrected chi connectivity index (χ2v) is 5.15. The molecule has 0 heterocycles. The van der Waals surface area contributed by atoms with Crippen LogP contribution in [0.2, 0.25) is 0 Å². The Morgan fingerprint density at radius 1 is 1.39 bits per heavy atom. The predicted molar refractivity (Wildman–Crippen MR) is 75.1 cm³/mol. The van der Waals surface area contributed by atoms with Crippen LogP contribution >= 0.6 is 11.8 Å². The Labute approximate surface area is 113 Å². The van der Waals surface area contributed by atoms with Crippen molar-refractivity contribution in [2.75, 3.05) is 18.6 Å². The average Bonchev–Trinajstić information content (AvgIpc) is 2.28. The molecule has 0 bridgehead atoms. The lowest BCUT2D eigenvalue weighted by Crippen LogP contribution is -2.49. The third-order valence-electron chi connectivity index (χ3n) is 2.79. The smallest absolute Gasteiger partial charge is 0.317 e. The topological polar surface area (TPSA) is 69.6 Å². The minimum Gasteiger partial charge on any atom is -0.481 e. The van der Waals surface area contributed by atoms with E-state index in [4.69, 9.17) is 5.11 Å². The zero-order valence-electron chi connectivity index (χ0n) is 11.6. The number of carbonyl (C=O) groups is 2. The van der Waals surface area contributed by atoms with Gasteiger partial charge in [0.15, 0.2) is 0 Å². The second kappa shape index (κ2) is 9.08. The quantitative estimate of drug-likeness (QED) is 0.711. The van der Waals surface area contributed by atoms with Crippen LogP contribution in [-0.4, -0.2) is 52.6 Å². The van der Waals surface area contributed by atoms with Gasteiger partial charge in [-0.25, -0.2) is 4.79 Å². The second-order valence-electron chi connectivity index (χ2n) is 4.24. The number of amides is 2. The number of nitrogens with one attached hydrogen (secondary N) is 1. The van der Waals surface area contributed by atoms with Gasteiger partial charge in [-0.05, 0) is 26.5 Å². The summed E-state index contributed by atoms with van der Waals surface area (Å²) < 4.78 is 0. The number of hydrogen-bond acceptors (Lipinski definition) is 3. The van der Waals surface area contributed by atoms with Crippen molar-refractivity contribution in [1.29, 1.82) is 0 Å². The van der Waals surface area contributed by atoms with E-state index in [1.165, 1.54) is 0 Å². The van der Waals surface area contributed by atoms with Crippen LogP contribution in [0.3, 0.4) is 0 Å². The number of carbonyl (C=O) groups excluding carboxylic acids is 1. The summed E-state index contributed by atoms with van der Waals surface area (Å²) in [6.45, 7) is 6.15. The number of thioether (sulfide) groups is 1. The Balaban J connectivity index is 4.45. The Morgan fingerprint density at radius 2 is 2.00 bits per heavy atom. The molecule has 0 aromatic carbocycles. The third kappa shape index (κ3) is 6.14. The Morgan fingerprint density at radius 3 is 2.39 bits per heavy atom. The van der Waals surface area contributed by atoms with Crippen LogP contribution in [0, 0.1) is 0 Å². The van der Waals surface area contributed by atoms with Gasteiger partial charge in [-0.2, -0.15) is 11.8 Å². The summed E-state index contributed by atoms with van der Waals surface area (Å²) in [5.74, 6) is -0.0162. The van der Waals surface area contributed by atoms with E-state index in [0.29, 0.717) is 6.54 Å². The number of aliphatic carboxylic acids is 1. The van der Waals surface area contributed by atoms with Crippen molar-refractivity contribution < 1.29 is 14.7 Å². The normalized spacial score (nSPS) is 13.8. The van der Waals surface area contributed by atoms with Gasteiger partial charge < -0.3 is 15.3 Å². The molecule has 0 rings (SSSR count). The van der Waals surface area contributed by atoms with Crippen molar-refractivity contribution in [3.05, 3.63) is 0 Å². The van der Waals surface area contributed by atoms with Crippen LogP contribution < -0.4 is 5.32 Å². The molecule has 0 aliphatic carbocycles. The largest absolute Gasteiger partial charge is 0.481 e. The maximum atomic E-state index is 12.1. The van der Waals surface area contributed by atoms with Crippen LogP contribution in [0.1, 0.15) is 33.6 Å². The van der Waals surface area contributed by atoms with E-state index < -0.39 is 5.97 Å². The minimum atomic E-state index is -0.884. The van der Waals surface area contributed by atoms with Gasteiger partial charge >= 0.3 is 12.0 Å². The number of carboxylic acids is 1. The molecule has 5 nitrogen and oxygen atoms in total. The molecule has 2 amide bonds. The SMILES string of the molecule is CCC(CSC)NC(=O)N(CC)C(C)CC(=O)O. The fourth-order valence-corrected chi connectivity index (χ4v) is 2.46. The lowest BCUT2D eigenvalue weighted by atomic mass is 10.2. The highest BCUT2D eigenvalue weighted by Gasteiger charge is 2.22. The molecule has 18 heavy (non-hydrogen) atoms. The standard InChI is InChI=1S/C12H24N2O3S/c1-5-10(8-18-4)13-12(17)14(6-2)9(3)7-11(15)16/h9-10H,5-8H2,1-4H3,(H,13,17)(H,15,16). The van der Waals surface area contributed by atoms with Crippen LogP contribution in [0.4, 0.5) is 4.79 Å². The molecule has 6 heteroatoms. The first-order valence-electron chi connectivity index (χ1n) is 6.24. The Bertz CT molecular complexity index is 274. The van der Waals surface area contributed by atoms with Crippen LogP contribution in [0.25, 0.3) is 0 Å². The monoisotopic (exact) mass is 276 g/mol. The maximum absolute atomic E-state index is 12.1. The number of urea groups is 1. The highest BCUT2D eigenvalue weighted by molar-refractivity contribution is 7.98. The molecule has 106 valence electrons. The predicted octanol–water partition coefficient (Wildman–Crippen LogP) is 2.02. The van der Waals surface area contributed by atoms with E-state index in [9.17, 15) is 9.59 Å². The average molecular weight is 276 g/mol. The molecule has 0 aromatic rings. The lowest BCUT2D eigenvalue weighted by molar-refractivity contribution is -0.138. The highest BCUT2D eigenvalue weighted by Crippen LogP contribution is 2.07. The molecule has 0 aromatic heterocycles. The van der Waals surface area contributed by atoms with Crippen molar-refractivity contribution in [3.63, 3.8) is 0 Å². The van der Waals surface area contributed by atoms with Gasteiger partial charge in [0.25, 0.3) is 0 Å². The van der Waals surface area contributed by atoms with E-state index in [0.717, 1.165) is 12.2 Å². The van der Waals surface area contributed by atoms with E-state index in [-0.39, 0.29) is 24.5 Å². The Kier molecular flexibility index (Phi) is 8.62. The molecule has 0 spiro atoms. The van der Waals surface area contributed by atoms with Crippen LogP contribution in [0.15, 0.2) is 0 Å². The molecular formula is C12H24N2O3S. The summed E-state index contributed by atoms with van der Waals surface area (Å²) in [5, 5.41) is 11.7. The molecule has 0 aliphatic heterocycles. The van der Waals surface area contributed by atoms with Gasteiger partial charge in [0.2, 0.25) is 0 Å². The van der Waals surface area contributed by atoms with E-state index in [1.54, 1.807) is 23.6 Å². The van der Waals surface area contributed by atoms with Gasteiger partial charge in [0, 0.05) is 24.4 Å². The van der Waals surface area contributed by atoms with Crippen molar-refractivity contribution >= 4 is 23.8 Å². The summed E-state index contributed by atoms with van der Waals surface area (Å²) in [7, 11) is 0. The third-order valence-corrected chi connectivity index (χ3v) is 3.53. The molecule has 0 fully saturated rings. The van der Waals surface area contributed by atoms with Crippen LogP contribution in [0.5, 0.6) is 0 Å². The molecule has 2 atom stereocenters. The minimum absolute atomic E-state index is 0.0272. The van der Waals surface area contributed by atoms with Gasteiger partial charge in [-0.15, -0.1) is 0 Å². The fraction of sp³-hybridized carbons (Fsp3) is 0.833. The lowest BCUT2D eigenvalue weighted by Gasteiger charge is -2.29. The van der Waals surface area contributed by atoms with Gasteiger partial charge in [0.1, 0.15) is 0 Å². The zero-order valence-corrected chi connectivity index (χ0v) is 12.4. The van der Waals surface area contributed by atoms with E-state index >= 15 is 0 Å². The van der Waals surface area contributed by atoms with Crippen LogP contribution in [-0.2, 0) is 4.79 Å².